The smallest absolute Gasteiger partial charge is 0.218 e. The van der Waals surface area contributed by atoms with Gasteiger partial charge >= 0.3 is 0 Å². The van der Waals surface area contributed by atoms with Crippen LogP contribution in [0.2, 0.25) is 0 Å². The lowest BCUT2D eigenvalue weighted by Gasteiger charge is -2.09. The molecule has 0 aromatic carbocycles. The van der Waals surface area contributed by atoms with Gasteiger partial charge in [-0.15, -0.1) is 0 Å². The lowest BCUT2D eigenvalue weighted by Crippen LogP contribution is -2.20. The molecule has 2 aromatic rings. The molecule has 2 aromatic heterocycles. The van der Waals surface area contributed by atoms with Gasteiger partial charge in [-0.1, -0.05) is 0 Å². The summed E-state index contributed by atoms with van der Waals surface area (Å²) >= 11 is 0. The summed E-state index contributed by atoms with van der Waals surface area (Å²) in [4.78, 5) is 4.03. The standard InChI is InChI=1S/C13H18N6O/c1-10-11(9-15-5-7-20-3)13(18(2)17-10)19-6-4-16-12(19)8-14/h4,6,15H,5,7,9H2,1-3H3. The zero-order valence-corrected chi connectivity index (χ0v) is 11.9. The normalized spacial score (nSPS) is 10.7. The molecular weight excluding hydrogens is 256 g/mol. The largest absolute Gasteiger partial charge is 0.383 e. The Morgan fingerprint density at radius 2 is 2.30 bits per heavy atom. The zero-order valence-electron chi connectivity index (χ0n) is 11.9. The van der Waals surface area contributed by atoms with Crippen molar-refractivity contribution < 1.29 is 4.74 Å². The van der Waals surface area contributed by atoms with Crippen molar-refractivity contribution in [1.82, 2.24) is 24.6 Å². The van der Waals surface area contributed by atoms with Crippen LogP contribution in [0, 0.1) is 18.3 Å². The quantitative estimate of drug-likeness (QED) is 0.777. The van der Waals surface area contributed by atoms with Crippen LogP contribution in [0.15, 0.2) is 12.4 Å². The van der Waals surface area contributed by atoms with Gasteiger partial charge in [0.05, 0.1) is 12.3 Å². The Hall–Kier alpha value is -2.17. The number of nitrogens with one attached hydrogen (secondary N) is 1. The number of hydrogen-bond acceptors (Lipinski definition) is 5. The third kappa shape index (κ3) is 2.71. The minimum atomic E-state index is 0.353. The molecule has 106 valence electrons. The van der Waals surface area contributed by atoms with E-state index in [1.54, 1.807) is 28.8 Å². The van der Waals surface area contributed by atoms with Crippen molar-refractivity contribution in [1.29, 1.82) is 5.26 Å². The van der Waals surface area contributed by atoms with E-state index in [0.717, 1.165) is 23.6 Å². The number of ether oxygens (including phenoxy) is 1. The Morgan fingerprint density at radius 3 is 3.00 bits per heavy atom. The molecule has 2 heterocycles. The van der Waals surface area contributed by atoms with E-state index < -0.39 is 0 Å². The molecule has 0 saturated carbocycles. The van der Waals surface area contributed by atoms with Gasteiger partial charge in [0.1, 0.15) is 11.9 Å². The molecule has 0 aliphatic rings. The van der Waals surface area contributed by atoms with Crippen LogP contribution in [0.25, 0.3) is 5.82 Å². The van der Waals surface area contributed by atoms with Crippen LogP contribution in [0.4, 0.5) is 0 Å². The van der Waals surface area contributed by atoms with Crippen molar-refractivity contribution in [3.8, 4) is 11.9 Å². The summed E-state index contributed by atoms with van der Waals surface area (Å²) in [6.07, 6.45) is 3.39. The highest BCUT2D eigenvalue weighted by Gasteiger charge is 2.17. The first-order valence-corrected chi connectivity index (χ1v) is 6.35. The highest BCUT2D eigenvalue weighted by atomic mass is 16.5. The van der Waals surface area contributed by atoms with E-state index in [1.807, 2.05) is 14.0 Å². The second kappa shape index (κ2) is 6.32. The second-order valence-electron chi connectivity index (χ2n) is 4.41. The Kier molecular flexibility index (Phi) is 4.50. The SMILES string of the molecule is COCCNCc1c(C)nn(C)c1-n1ccnc1C#N. The monoisotopic (exact) mass is 274 g/mol. The second-order valence-corrected chi connectivity index (χ2v) is 4.41. The predicted octanol–water partition coefficient (Wildman–Crippen LogP) is 0.522. The topological polar surface area (TPSA) is 80.7 Å². The number of imidazole rings is 1. The first kappa shape index (κ1) is 14.2. The van der Waals surface area contributed by atoms with E-state index in [0.29, 0.717) is 19.0 Å². The van der Waals surface area contributed by atoms with Crippen molar-refractivity contribution in [2.45, 2.75) is 13.5 Å². The van der Waals surface area contributed by atoms with Crippen LogP contribution in [0.5, 0.6) is 0 Å². The Bertz CT molecular complexity index is 621. The molecule has 20 heavy (non-hydrogen) atoms. The molecule has 0 atom stereocenters. The van der Waals surface area contributed by atoms with Gasteiger partial charge in [0.25, 0.3) is 0 Å². The molecule has 7 heteroatoms. The summed E-state index contributed by atoms with van der Waals surface area (Å²) in [5.41, 5.74) is 1.99. The van der Waals surface area contributed by atoms with E-state index in [-0.39, 0.29) is 0 Å². The third-order valence-electron chi connectivity index (χ3n) is 3.07. The maximum atomic E-state index is 9.11. The minimum Gasteiger partial charge on any atom is -0.383 e. The highest BCUT2D eigenvalue weighted by molar-refractivity contribution is 5.40. The van der Waals surface area contributed by atoms with Crippen molar-refractivity contribution in [3.63, 3.8) is 0 Å². The van der Waals surface area contributed by atoms with E-state index >= 15 is 0 Å². The molecule has 0 saturated heterocycles. The number of aryl methyl sites for hydroxylation is 2. The molecule has 0 spiro atoms. The Labute approximate surface area is 117 Å². The molecule has 0 unspecified atom stereocenters. The van der Waals surface area contributed by atoms with Gasteiger partial charge in [0, 0.05) is 45.2 Å². The van der Waals surface area contributed by atoms with Crippen molar-refractivity contribution in [3.05, 3.63) is 29.5 Å². The van der Waals surface area contributed by atoms with E-state index in [9.17, 15) is 0 Å². The van der Waals surface area contributed by atoms with Gasteiger partial charge in [-0.3, -0.25) is 9.25 Å². The number of aromatic nitrogens is 4. The van der Waals surface area contributed by atoms with Crippen LogP contribution in [0.1, 0.15) is 17.1 Å². The lowest BCUT2D eigenvalue weighted by molar-refractivity contribution is 0.199. The first-order chi connectivity index (χ1) is 9.69. The fourth-order valence-corrected chi connectivity index (χ4v) is 2.14. The first-order valence-electron chi connectivity index (χ1n) is 6.35. The van der Waals surface area contributed by atoms with Crippen LogP contribution in [-0.4, -0.2) is 39.6 Å². The molecule has 0 radical (unpaired) electrons. The van der Waals surface area contributed by atoms with Gasteiger partial charge in [-0.2, -0.15) is 10.4 Å². The van der Waals surface area contributed by atoms with E-state index in [2.05, 4.69) is 21.5 Å². The summed E-state index contributed by atoms with van der Waals surface area (Å²) in [6.45, 7) is 4.05. The van der Waals surface area contributed by atoms with Crippen molar-refractivity contribution in [2.24, 2.45) is 7.05 Å². The van der Waals surface area contributed by atoms with Crippen LogP contribution in [-0.2, 0) is 18.3 Å². The Balaban J connectivity index is 2.31. The van der Waals surface area contributed by atoms with E-state index in [4.69, 9.17) is 10.00 Å². The molecule has 0 bridgehead atoms. The number of nitriles is 1. The molecule has 1 N–H and O–H groups in total. The lowest BCUT2D eigenvalue weighted by atomic mass is 10.2. The maximum Gasteiger partial charge on any atom is 0.218 e. The van der Waals surface area contributed by atoms with Gasteiger partial charge in [0.2, 0.25) is 5.82 Å². The summed E-state index contributed by atoms with van der Waals surface area (Å²) < 4.78 is 8.54. The van der Waals surface area contributed by atoms with Crippen LogP contribution < -0.4 is 5.32 Å². The third-order valence-corrected chi connectivity index (χ3v) is 3.07. The number of methoxy groups -OCH3 is 1. The highest BCUT2D eigenvalue weighted by Crippen LogP contribution is 2.19. The molecule has 0 amide bonds. The fraction of sp³-hybridized carbons (Fsp3) is 0.462. The molecule has 0 fully saturated rings. The summed E-state index contributed by atoms with van der Waals surface area (Å²) in [6, 6.07) is 2.08. The Morgan fingerprint density at radius 1 is 1.50 bits per heavy atom. The minimum absolute atomic E-state index is 0.353. The molecular formula is C13H18N6O. The van der Waals surface area contributed by atoms with Crippen LogP contribution >= 0.6 is 0 Å². The van der Waals surface area contributed by atoms with Gasteiger partial charge in [-0.05, 0) is 6.92 Å². The molecule has 2 rings (SSSR count). The number of rotatable bonds is 6. The fourth-order valence-electron chi connectivity index (χ4n) is 2.14. The summed E-state index contributed by atoms with van der Waals surface area (Å²) in [7, 11) is 3.54. The van der Waals surface area contributed by atoms with Crippen molar-refractivity contribution >= 4 is 0 Å². The predicted molar refractivity (Wildman–Crippen MR) is 73.4 cm³/mol. The zero-order chi connectivity index (χ0) is 14.5. The number of hydrogen-bond donors (Lipinski definition) is 1. The van der Waals surface area contributed by atoms with Gasteiger partial charge in [0.15, 0.2) is 0 Å². The maximum absolute atomic E-state index is 9.11. The van der Waals surface area contributed by atoms with Crippen molar-refractivity contribution in [2.75, 3.05) is 20.3 Å². The van der Waals surface area contributed by atoms with Gasteiger partial charge < -0.3 is 10.1 Å². The van der Waals surface area contributed by atoms with Crippen LogP contribution in [0.3, 0.4) is 0 Å². The molecule has 7 nitrogen and oxygen atoms in total. The number of nitrogens with zero attached hydrogens (tertiary/aromatic N) is 5. The average Bonchev–Trinajstić information content (AvgIpc) is 2.99. The van der Waals surface area contributed by atoms with Gasteiger partial charge in [-0.25, -0.2) is 4.98 Å². The molecule has 0 aliphatic heterocycles. The average molecular weight is 274 g/mol. The summed E-state index contributed by atoms with van der Waals surface area (Å²) in [5, 5.41) is 16.8. The van der Waals surface area contributed by atoms with E-state index in [1.165, 1.54) is 0 Å². The summed E-state index contributed by atoms with van der Waals surface area (Å²) in [5.74, 6) is 1.22. The molecule has 0 aliphatic carbocycles.